The summed E-state index contributed by atoms with van der Waals surface area (Å²) in [6, 6.07) is 7.25. The number of carbonyl (C=O) groups is 1. The Balaban J connectivity index is 1.47. The van der Waals surface area contributed by atoms with E-state index >= 15 is 0 Å². The topological polar surface area (TPSA) is 119 Å². The number of nitrogens with two attached hydrogens (primary N) is 2. The number of rotatable bonds is 6. The van der Waals surface area contributed by atoms with Crippen LogP contribution >= 0.6 is 11.3 Å². The number of hydrazone groups is 1. The quantitative estimate of drug-likeness (QED) is 0.320. The number of anilines is 1. The lowest BCUT2D eigenvalue weighted by molar-refractivity contribution is 0.00816. The highest BCUT2D eigenvalue weighted by molar-refractivity contribution is 7.09. The molecule has 1 aromatic heterocycles. The maximum absolute atomic E-state index is 12.0. The predicted octanol–water partition coefficient (Wildman–Crippen LogP) is 2.64. The molecule has 0 radical (unpaired) electrons. The van der Waals surface area contributed by atoms with Crippen molar-refractivity contribution >= 4 is 29.5 Å². The molecule has 1 amide bonds. The van der Waals surface area contributed by atoms with Gasteiger partial charge in [0.05, 0.1) is 16.4 Å². The van der Waals surface area contributed by atoms with Crippen LogP contribution in [0.1, 0.15) is 37.4 Å². The van der Waals surface area contributed by atoms with E-state index in [1.807, 2.05) is 50.4 Å². The number of carbonyl (C=O) groups excluding carboxylic acids is 1. The number of amides is 1. The molecule has 0 atom stereocenters. The molecule has 4 N–H and O–H groups in total. The molecule has 1 aliphatic rings. The fourth-order valence-electron chi connectivity index (χ4n) is 2.70. The summed E-state index contributed by atoms with van der Waals surface area (Å²) < 4.78 is 11.2. The Morgan fingerprint density at radius 2 is 2.07 bits per heavy atom. The molecule has 1 aliphatic heterocycles. The van der Waals surface area contributed by atoms with Gasteiger partial charge < -0.3 is 20.2 Å². The zero-order valence-electron chi connectivity index (χ0n) is 16.7. The van der Waals surface area contributed by atoms with E-state index in [1.54, 1.807) is 16.2 Å². The van der Waals surface area contributed by atoms with Gasteiger partial charge in [0.15, 0.2) is 0 Å². The summed E-state index contributed by atoms with van der Waals surface area (Å²) in [6.07, 6.45) is 1.04. The van der Waals surface area contributed by atoms with Crippen molar-refractivity contribution in [2.24, 2.45) is 16.8 Å². The third-order valence-electron chi connectivity index (χ3n) is 4.16. The highest BCUT2D eigenvalue weighted by atomic mass is 32.1. The molecule has 2 aromatic rings. The smallest absolute Gasteiger partial charge is 0.410 e. The molecule has 1 saturated heterocycles. The number of hydrazine groups is 1. The van der Waals surface area contributed by atoms with Crippen LogP contribution in [-0.4, -0.2) is 41.0 Å². The number of benzene rings is 1. The van der Waals surface area contributed by atoms with Crippen LogP contribution in [0.5, 0.6) is 5.75 Å². The van der Waals surface area contributed by atoms with Crippen molar-refractivity contribution in [2.75, 3.05) is 18.1 Å². The third kappa shape index (κ3) is 5.58. The summed E-state index contributed by atoms with van der Waals surface area (Å²) in [5.74, 6) is 11.8. The molecular formula is C19H26N6O3S. The van der Waals surface area contributed by atoms with Crippen LogP contribution in [0.2, 0.25) is 0 Å². The average Bonchev–Trinajstić information content (AvgIpc) is 3.06. The van der Waals surface area contributed by atoms with Crippen molar-refractivity contribution in [2.45, 2.75) is 38.9 Å². The summed E-state index contributed by atoms with van der Waals surface area (Å²) >= 11 is 1.59. The van der Waals surface area contributed by atoms with E-state index in [4.69, 9.17) is 21.2 Å². The minimum atomic E-state index is -0.480. The van der Waals surface area contributed by atoms with Crippen LogP contribution < -0.4 is 21.4 Å². The summed E-state index contributed by atoms with van der Waals surface area (Å²) in [6.45, 7) is 7.22. The monoisotopic (exact) mass is 418 g/mol. The van der Waals surface area contributed by atoms with E-state index in [0.717, 1.165) is 16.4 Å². The van der Waals surface area contributed by atoms with Crippen molar-refractivity contribution < 1.29 is 14.3 Å². The van der Waals surface area contributed by atoms with E-state index < -0.39 is 5.60 Å². The minimum absolute atomic E-state index is 0.250. The van der Waals surface area contributed by atoms with Gasteiger partial charge in [-0.3, -0.25) is 5.01 Å². The maximum atomic E-state index is 12.0. The van der Waals surface area contributed by atoms with E-state index in [-0.39, 0.29) is 12.0 Å². The van der Waals surface area contributed by atoms with Crippen LogP contribution in [0, 0.1) is 0 Å². The molecule has 10 heteroatoms. The number of aromatic nitrogens is 1. The Kier molecular flexibility index (Phi) is 6.23. The second-order valence-electron chi connectivity index (χ2n) is 7.71. The summed E-state index contributed by atoms with van der Waals surface area (Å²) in [5.41, 5.74) is 1.12. The lowest BCUT2D eigenvalue weighted by atomic mass is 10.0. The Morgan fingerprint density at radius 1 is 1.38 bits per heavy atom. The number of hydrogen-bond donors (Lipinski definition) is 2. The highest BCUT2D eigenvalue weighted by Crippen LogP contribution is 2.31. The first kappa shape index (κ1) is 20.9. The summed E-state index contributed by atoms with van der Waals surface area (Å²) in [4.78, 5) is 18.4. The Labute approximate surface area is 173 Å². The summed E-state index contributed by atoms with van der Waals surface area (Å²) in [5, 5.41) is 7.69. The first-order valence-electron chi connectivity index (χ1n) is 9.17. The first-order valence-corrected chi connectivity index (χ1v) is 10.1. The molecule has 0 spiro atoms. The minimum Gasteiger partial charge on any atom is -0.487 e. The van der Waals surface area contributed by atoms with Crippen molar-refractivity contribution in [1.82, 2.24) is 9.88 Å². The van der Waals surface area contributed by atoms with Crippen molar-refractivity contribution in [3.8, 4) is 5.75 Å². The molecular weight excluding hydrogens is 392 g/mol. The number of likely N-dealkylation sites (tertiary alicyclic amines) is 1. The van der Waals surface area contributed by atoms with Gasteiger partial charge in [-0.25, -0.2) is 15.6 Å². The van der Waals surface area contributed by atoms with Crippen LogP contribution in [-0.2, 0) is 11.3 Å². The SMILES string of the molecule is CC(C)(C)OC(=O)N1CC(c2nc(COc3ccc(N(N)/C=N\N)cc3)cs2)C1. The summed E-state index contributed by atoms with van der Waals surface area (Å²) in [7, 11) is 0. The largest absolute Gasteiger partial charge is 0.487 e. The van der Waals surface area contributed by atoms with Crippen molar-refractivity contribution in [1.29, 1.82) is 0 Å². The molecule has 9 nitrogen and oxygen atoms in total. The average molecular weight is 419 g/mol. The zero-order chi connectivity index (χ0) is 21.0. The lowest BCUT2D eigenvalue weighted by Gasteiger charge is -2.38. The van der Waals surface area contributed by atoms with Gasteiger partial charge in [-0.05, 0) is 45.0 Å². The van der Waals surface area contributed by atoms with Gasteiger partial charge in [-0.2, -0.15) is 5.10 Å². The van der Waals surface area contributed by atoms with Crippen LogP contribution in [0.25, 0.3) is 0 Å². The van der Waals surface area contributed by atoms with E-state index in [9.17, 15) is 4.79 Å². The third-order valence-corrected chi connectivity index (χ3v) is 5.22. The fraction of sp³-hybridized carbons (Fsp3) is 0.421. The molecule has 3 rings (SSSR count). The van der Waals surface area contributed by atoms with Crippen LogP contribution in [0.4, 0.5) is 10.5 Å². The van der Waals surface area contributed by atoms with Gasteiger partial charge in [0.2, 0.25) is 0 Å². The van der Waals surface area contributed by atoms with Crippen LogP contribution in [0.15, 0.2) is 34.7 Å². The van der Waals surface area contributed by atoms with Gasteiger partial charge in [0, 0.05) is 24.4 Å². The standard InChI is InChI=1S/C19H26N6O3S/c1-19(2,3)28-18(26)24-8-13(9-24)17-23-14(11-29-17)10-27-16-6-4-15(5-7-16)25(21)12-22-20/h4-7,11-13H,8-10,20-21H2,1-3H3/b22-12-. The van der Waals surface area contributed by atoms with Gasteiger partial charge in [-0.1, -0.05) is 0 Å². The van der Waals surface area contributed by atoms with Gasteiger partial charge in [0.25, 0.3) is 0 Å². The molecule has 1 aromatic carbocycles. The highest BCUT2D eigenvalue weighted by Gasteiger charge is 2.36. The molecule has 0 bridgehead atoms. The number of ether oxygens (including phenoxy) is 2. The molecule has 29 heavy (non-hydrogen) atoms. The fourth-order valence-corrected chi connectivity index (χ4v) is 3.59. The number of hydrogen-bond acceptors (Lipinski definition) is 8. The Hall–Kier alpha value is -2.85. The van der Waals surface area contributed by atoms with E-state index in [2.05, 4.69) is 10.1 Å². The van der Waals surface area contributed by atoms with Gasteiger partial charge >= 0.3 is 6.09 Å². The number of thiazole rings is 1. The normalized spacial score (nSPS) is 14.7. The number of nitrogens with zero attached hydrogens (tertiary/aromatic N) is 4. The van der Waals surface area contributed by atoms with Crippen molar-refractivity contribution in [3.63, 3.8) is 0 Å². The molecule has 0 unspecified atom stereocenters. The zero-order valence-corrected chi connectivity index (χ0v) is 17.6. The maximum Gasteiger partial charge on any atom is 0.410 e. The molecule has 156 valence electrons. The van der Waals surface area contributed by atoms with Crippen LogP contribution in [0.3, 0.4) is 0 Å². The first-order chi connectivity index (χ1) is 13.7. The van der Waals surface area contributed by atoms with E-state index in [1.165, 1.54) is 11.3 Å². The van der Waals surface area contributed by atoms with Gasteiger partial charge in [-0.15, -0.1) is 11.3 Å². The Bertz CT molecular complexity index is 856. The van der Waals surface area contributed by atoms with Crippen molar-refractivity contribution in [3.05, 3.63) is 40.3 Å². The molecule has 0 saturated carbocycles. The second-order valence-corrected chi connectivity index (χ2v) is 8.60. The predicted molar refractivity (Wildman–Crippen MR) is 113 cm³/mol. The lowest BCUT2D eigenvalue weighted by Crippen LogP contribution is -2.50. The van der Waals surface area contributed by atoms with Gasteiger partial charge in [0.1, 0.15) is 24.3 Å². The second kappa shape index (κ2) is 8.66. The van der Waals surface area contributed by atoms with E-state index in [0.29, 0.717) is 25.4 Å². The molecule has 0 aliphatic carbocycles. The molecule has 1 fully saturated rings. The Morgan fingerprint density at radius 3 is 2.69 bits per heavy atom. The molecule has 2 heterocycles.